The maximum absolute atomic E-state index is 13.1. The second-order valence-electron chi connectivity index (χ2n) is 10.4. The van der Waals surface area contributed by atoms with Crippen LogP contribution in [-0.2, 0) is 4.74 Å². The first-order valence-electron chi connectivity index (χ1n) is 12.5. The highest BCUT2D eigenvalue weighted by Crippen LogP contribution is 2.48. The van der Waals surface area contributed by atoms with E-state index in [0.29, 0.717) is 17.7 Å². The molecule has 0 bridgehead atoms. The first kappa shape index (κ1) is 19.8. The van der Waals surface area contributed by atoms with E-state index in [9.17, 15) is 4.79 Å². The molecular formula is C26H35N3O2. The number of likely N-dealkylation sites (tertiary alicyclic amines) is 2. The van der Waals surface area contributed by atoms with Crippen molar-refractivity contribution in [1.82, 2.24) is 14.8 Å². The third-order valence-corrected chi connectivity index (χ3v) is 8.48. The molecule has 4 fully saturated rings. The number of nitrogens with one attached hydrogen (secondary N) is 1. The van der Waals surface area contributed by atoms with Crippen LogP contribution in [0, 0.1) is 5.92 Å². The van der Waals surface area contributed by atoms with Crippen molar-refractivity contribution < 1.29 is 9.53 Å². The summed E-state index contributed by atoms with van der Waals surface area (Å²) < 4.78 is 6.45. The molecule has 4 aliphatic rings. The summed E-state index contributed by atoms with van der Waals surface area (Å²) in [4.78, 5) is 21.2. The van der Waals surface area contributed by atoms with Crippen LogP contribution in [0.1, 0.15) is 68.1 Å². The number of rotatable bonds is 5. The first-order valence-corrected chi connectivity index (χ1v) is 12.5. The van der Waals surface area contributed by atoms with Crippen molar-refractivity contribution in [3.63, 3.8) is 0 Å². The van der Waals surface area contributed by atoms with Gasteiger partial charge in [-0.05, 0) is 68.0 Å². The lowest BCUT2D eigenvalue weighted by Crippen LogP contribution is -2.75. The van der Waals surface area contributed by atoms with Gasteiger partial charge in [0, 0.05) is 55.1 Å². The maximum atomic E-state index is 13.1. The summed E-state index contributed by atoms with van der Waals surface area (Å²) in [6, 6.07) is 8.66. The molecule has 1 unspecified atom stereocenters. The zero-order chi connectivity index (χ0) is 20.8. The molecule has 1 aromatic carbocycles. The quantitative estimate of drug-likeness (QED) is 0.768. The molecular weight excluding hydrogens is 386 g/mol. The van der Waals surface area contributed by atoms with E-state index in [0.717, 1.165) is 61.5 Å². The van der Waals surface area contributed by atoms with Gasteiger partial charge in [-0.1, -0.05) is 25.3 Å². The van der Waals surface area contributed by atoms with Crippen molar-refractivity contribution in [3.05, 3.63) is 36.0 Å². The summed E-state index contributed by atoms with van der Waals surface area (Å²) in [6.45, 7) is 3.83. The van der Waals surface area contributed by atoms with E-state index in [1.54, 1.807) is 0 Å². The average molecular weight is 422 g/mol. The Morgan fingerprint density at radius 1 is 1.06 bits per heavy atom. The number of aromatic amines is 1. The summed E-state index contributed by atoms with van der Waals surface area (Å²) in [6.07, 6.45) is 14.0. The van der Waals surface area contributed by atoms with Crippen LogP contribution in [0.25, 0.3) is 10.9 Å². The van der Waals surface area contributed by atoms with E-state index >= 15 is 0 Å². The van der Waals surface area contributed by atoms with Crippen molar-refractivity contribution in [3.8, 4) is 0 Å². The molecule has 166 valence electrons. The SMILES string of the molecule is O=C(c1ccc2cc[nH]c2c1)N1CCC(N2CC(OCC3CC3)C23CCCCC3)CC1. The second-order valence-corrected chi connectivity index (χ2v) is 10.4. The molecule has 3 heterocycles. The van der Waals surface area contributed by atoms with Gasteiger partial charge in [0.15, 0.2) is 0 Å². The molecule has 2 aromatic rings. The predicted molar refractivity (Wildman–Crippen MR) is 122 cm³/mol. The summed E-state index contributed by atoms with van der Waals surface area (Å²) in [5.41, 5.74) is 2.13. The van der Waals surface area contributed by atoms with E-state index < -0.39 is 0 Å². The monoisotopic (exact) mass is 421 g/mol. The molecule has 5 nitrogen and oxygen atoms in total. The number of carbonyl (C=O) groups is 1. The molecule has 1 aromatic heterocycles. The Hall–Kier alpha value is -1.85. The fourth-order valence-corrected chi connectivity index (χ4v) is 6.38. The number of hydrogen-bond donors (Lipinski definition) is 1. The van der Waals surface area contributed by atoms with Gasteiger partial charge >= 0.3 is 0 Å². The van der Waals surface area contributed by atoms with E-state index in [2.05, 4.69) is 14.8 Å². The number of amides is 1. The van der Waals surface area contributed by atoms with Gasteiger partial charge in [0.1, 0.15) is 0 Å². The number of H-pyrrole nitrogens is 1. The summed E-state index contributed by atoms with van der Waals surface area (Å²) in [7, 11) is 0. The number of benzene rings is 1. The Morgan fingerprint density at radius 3 is 2.65 bits per heavy atom. The van der Waals surface area contributed by atoms with E-state index in [-0.39, 0.29) is 5.91 Å². The second kappa shape index (κ2) is 7.93. The minimum absolute atomic E-state index is 0.177. The number of aromatic nitrogens is 1. The fraction of sp³-hybridized carbons (Fsp3) is 0.654. The standard InChI is InChI=1S/C26H35N3O2/c30-25(21-7-6-20-8-13-27-23(20)16-21)28-14-9-22(10-15-28)29-17-24(31-18-19-4-5-19)26(29)11-2-1-3-12-26/h6-8,13,16,19,22,24,27H,1-5,9-12,14-15,17-18H2. The lowest BCUT2D eigenvalue weighted by atomic mass is 9.69. The summed E-state index contributed by atoms with van der Waals surface area (Å²) in [5.74, 6) is 1.02. The van der Waals surface area contributed by atoms with Gasteiger partial charge < -0.3 is 14.6 Å². The van der Waals surface area contributed by atoms with Crippen LogP contribution in [0.15, 0.2) is 30.5 Å². The van der Waals surface area contributed by atoms with Crippen LogP contribution in [-0.4, -0.2) is 64.6 Å². The molecule has 1 N–H and O–H groups in total. The topological polar surface area (TPSA) is 48.6 Å². The van der Waals surface area contributed by atoms with Crippen molar-refractivity contribution in [1.29, 1.82) is 0 Å². The smallest absolute Gasteiger partial charge is 0.253 e. The van der Waals surface area contributed by atoms with Gasteiger partial charge in [0.05, 0.1) is 6.10 Å². The van der Waals surface area contributed by atoms with Gasteiger partial charge in [-0.2, -0.15) is 0 Å². The van der Waals surface area contributed by atoms with Gasteiger partial charge in [0.25, 0.3) is 5.91 Å². The van der Waals surface area contributed by atoms with E-state index in [4.69, 9.17) is 4.74 Å². The number of nitrogens with zero attached hydrogens (tertiary/aromatic N) is 2. The van der Waals surface area contributed by atoms with E-state index in [1.165, 1.54) is 44.9 Å². The minimum Gasteiger partial charge on any atom is -0.375 e. The van der Waals surface area contributed by atoms with Crippen molar-refractivity contribution in [2.24, 2.45) is 5.92 Å². The number of hydrogen-bond acceptors (Lipinski definition) is 3. The van der Waals surface area contributed by atoms with Gasteiger partial charge in [-0.3, -0.25) is 9.69 Å². The van der Waals surface area contributed by atoms with Crippen molar-refractivity contribution >= 4 is 16.8 Å². The molecule has 5 heteroatoms. The van der Waals surface area contributed by atoms with Gasteiger partial charge in [-0.25, -0.2) is 0 Å². The van der Waals surface area contributed by atoms with E-state index in [1.807, 2.05) is 30.5 Å². The Labute approximate surface area is 185 Å². The molecule has 1 amide bonds. The largest absolute Gasteiger partial charge is 0.375 e. The Balaban J connectivity index is 1.09. The normalized spacial score (nSPS) is 27.0. The molecule has 1 spiro atoms. The predicted octanol–water partition coefficient (Wildman–Crippen LogP) is 4.59. The summed E-state index contributed by atoms with van der Waals surface area (Å²) >= 11 is 0. The molecule has 0 radical (unpaired) electrons. The van der Waals surface area contributed by atoms with Crippen LogP contribution in [0.3, 0.4) is 0 Å². The maximum Gasteiger partial charge on any atom is 0.253 e. The molecule has 2 saturated heterocycles. The van der Waals surface area contributed by atoms with Crippen molar-refractivity contribution in [2.45, 2.75) is 75.5 Å². The Kier molecular flexibility index (Phi) is 5.07. The average Bonchev–Trinajstić information content (AvgIpc) is 3.52. The highest BCUT2D eigenvalue weighted by atomic mass is 16.5. The highest BCUT2D eigenvalue weighted by molar-refractivity contribution is 5.98. The van der Waals surface area contributed by atoms with Crippen LogP contribution >= 0.6 is 0 Å². The number of ether oxygens (including phenoxy) is 1. The number of piperidine rings is 1. The van der Waals surface area contributed by atoms with Crippen molar-refractivity contribution in [2.75, 3.05) is 26.2 Å². The summed E-state index contributed by atoms with van der Waals surface area (Å²) in [5, 5.41) is 1.16. The Bertz CT molecular complexity index is 935. The third kappa shape index (κ3) is 3.60. The first-order chi connectivity index (χ1) is 15.2. The lowest BCUT2D eigenvalue weighted by Gasteiger charge is -2.63. The fourth-order valence-electron chi connectivity index (χ4n) is 6.38. The lowest BCUT2D eigenvalue weighted by molar-refractivity contribution is -0.202. The number of fused-ring (bicyclic) bond motifs is 1. The molecule has 31 heavy (non-hydrogen) atoms. The zero-order valence-electron chi connectivity index (χ0n) is 18.5. The minimum atomic E-state index is 0.177. The molecule has 6 rings (SSSR count). The van der Waals surface area contributed by atoms with Crippen LogP contribution in [0.4, 0.5) is 0 Å². The Morgan fingerprint density at radius 2 is 1.87 bits per heavy atom. The molecule has 2 saturated carbocycles. The molecule has 2 aliphatic carbocycles. The van der Waals surface area contributed by atoms with Crippen LogP contribution < -0.4 is 0 Å². The van der Waals surface area contributed by atoms with Gasteiger partial charge in [0.2, 0.25) is 0 Å². The molecule has 1 atom stereocenters. The molecule has 2 aliphatic heterocycles. The third-order valence-electron chi connectivity index (χ3n) is 8.48. The van der Waals surface area contributed by atoms with Gasteiger partial charge in [-0.15, -0.1) is 0 Å². The zero-order valence-corrected chi connectivity index (χ0v) is 18.5. The van der Waals surface area contributed by atoms with Crippen LogP contribution in [0.2, 0.25) is 0 Å². The highest BCUT2D eigenvalue weighted by Gasteiger charge is 2.56. The number of carbonyl (C=O) groups excluding carboxylic acids is 1. The van der Waals surface area contributed by atoms with Crippen LogP contribution in [0.5, 0.6) is 0 Å².